The molecule has 0 bridgehead atoms. The Kier molecular flexibility index (Phi) is 6.80. The van der Waals surface area contributed by atoms with Crippen LogP contribution in [0.5, 0.6) is 0 Å². The topological polar surface area (TPSA) is 70.1 Å². The van der Waals surface area contributed by atoms with Crippen LogP contribution in [0.3, 0.4) is 0 Å². The maximum atomic E-state index is 11.9. The highest BCUT2D eigenvalue weighted by atomic mass is 16.5. The minimum atomic E-state index is -0.812. The molecule has 0 aliphatic carbocycles. The van der Waals surface area contributed by atoms with Gasteiger partial charge in [-0.2, -0.15) is 0 Å². The molecule has 1 rings (SSSR count). The summed E-state index contributed by atoms with van der Waals surface area (Å²) >= 11 is 0. The first-order valence-electron chi connectivity index (χ1n) is 6.88. The highest BCUT2D eigenvalue weighted by molar-refractivity contribution is 5.76. The summed E-state index contributed by atoms with van der Waals surface area (Å²) < 4.78 is 5.30. The number of carbonyl (C=O) groups is 2. The molecular weight excluding hydrogens is 248 g/mol. The zero-order valence-electron chi connectivity index (χ0n) is 11.8. The first kappa shape index (κ1) is 15.9. The molecule has 0 saturated carbocycles. The molecule has 1 fully saturated rings. The Morgan fingerprint density at radius 3 is 2.37 bits per heavy atom. The summed E-state index contributed by atoms with van der Waals surface area (Å²) in [4.78, 5) is 26.4. The fraction of sp³-hybridized carbons (Fsp3) is 0.846. The molecule has 19 heavy (non-hydrogen) atoms. The maximum Gasteiger partial charge on any atom is 0.320 e. The van der Waals surface area contributed by atoms with Crippen LogP contribution in [0, 0.1) is 0 Å². The Labute approximate surface area is 114 Å². The zero-order valence-corrected chi connectivity index (χ0v) is 11.8. The van der Waals surface area contributed by atoms with Gasteiger partial charge in [0.2, 0.25) is 5.91 Å². The molecule has 0 aromatic carbocycles. The fourth-order valence-corrected chi connectivity index (χ4v) is 2.08. The van der Waals surface area contributed by atoms with Crippen LogP contribution >= 0.6 is 0 Å². The number of carboxylic acid groups (broad SMARTS) is 1. The highest BCUT2D eigenvalue weighted by Crippen LogP contribution is 2.08. The lowest BCUT2D eigenvalue weighted by Gasteiger charge is -2.36. The van der Waals surface area contributed by atoms with E-state index >= 15 is 0 Å². The van der Waals surface area contributed by atoms with Crippen LogP contribution < -0.4 is 0 Å². The van der Waals surface area contributed by atoms with E-state index in [9.17, 15) is 9.59 Å². The number of carbonyl (C=O) groups excluding carboxylic acids is 1. The monoisotopic (exact) mass is 272 g/mol. The standard InChI is InChI=1S/C13H24N2O4/c1-3-9-19-10-4-12(16)15-7-5-14(6-8-15)11(2)13(17)18/h11H,3-10H2,1-2H3,(H,17,18). The van der Waals surface area contributed by atoms with Gasteiger partial charge in [-0.3, -0.25) is 14.5 Å². The van der Waals surface area contributed by atoms with Gasteiger partial charge in [-0.05, 0) is 13.3 Å². The van der Waals surface area contributed by atoms with Gasteiger partial charge in [0.1, 0.15) is 6.04 Å². The lowest BCUT2D eigenvalue weighted by molar-refractivity contribution is -0.144. The third-order valence-electron chi connectivity index (χ3n) is 3.38. The summed E-state index contributed by atoms with van der Waals surface area (Å²) in [5.74, 6) is -0.716. The summed E-state index contributed by atoms with van der Waals surface area (Å²) in [5, 5.41) is 8.94. The predicted octanol–water partition coefficient (Wildman–Crippen LogP) is 0.420. The van der Waals surface area contributed by atoms with Gasteiger partial charge in [0.05, 0.1) is 13.0 Å². The van der Waals surface area contributed by atoms with E-state index in [0.29, 0.717) is 45.8 Å². The van der Waals surface area contributed by atoms with Crippen LogP contribution in [-0.2, 0) is 14.3 Å². The van der Waals surface area contributed by atoms with E-state index in [2.05, 4.69) is 0 Å². The van der Waals surface area contributed by atoms with Gasteiger partial charge in [-0.25, -0.2) is 0 Å². The quantitative estimate of drug-likeness (QED) is 0.680. The second-order valence-electron chi connectivity index (χ2n) is 4.79. The summed E-state index contributed by atoms with van der Waals surface area (Å²) in [6.45, 7) is 7.32. The maximum absolute atomic E-state index is 11.9. The smallest absolute Gasteiger partial charge is 0.320 e. The molecule has 0 radical (unpaired) electrons. The average molecular weight is 272 g/mol. The minimum Gasteiger partial charge on any atom is -0.480 e. The number of amides is 1. The van der Waals surface area contributed by atoms with Crippen LogP contribution in [0.25, 0.3) is 0 Å². The van der Waals surface area contributed by atoms with Crippen molar-refractivity contribution in [3.05, 3.63) is 0 Å². The Morgan fingerprint density at radius 1 is 1.21 bits per heavy atom. The van der Waals surface area contributed by atoms with Crippen molar-refractivity contribution in [3.8, 4) is 0 Å². The number of ether oxygens (including phenoxy) is 1. The summed E-state index contributed by atoms with van der Waals surface area (Å²) in [5.41, 5.74) is 0. The predicted molar refractivity (Wildman–Crippen MR) is 71.0 cm³/mol. The molecule has 6 heteroatoms. The van der Waals surface area contributed by atoms with Gasteiger partial charge >= 0.3 is 5.97 Å². The van der Waals surface area contributed by atoms with E-state index in [1.165, 1.54) is 0 Å². The van der Waals surface area contributed by atoms with Crippen molar-refractivity contribution in [2.24, 2.45) is 0 Å². The third-order valence-corrected chi connectivity index (χ3v) is 3.38. The number of carboxylic acids is 1. The molecule has 1 N–H and O–H groups in total. The van der Waals surface area contributed by atoms with Gasteiger partial charge in [-0.1, -0.05) is 6.92 Å². The normalized spacial score (nSPS) is 18.3. The fourth-order valence-electron chi connectivity index (χ4n) is 2.08. The molecule has 0 aromatic heterocycles. The van der Waals surface area contributed by atoms with E-state index in [-0.39, 0.29) is 5.91 Å². The minimum absolute atomic E-state index is 0.0960. The summed E-state index contributed by atoms with van der Waals surface area (Å²) in [6.07, 6.45) is 1.37. The number of hydrogen-bond acceptors (Lipinski definition) is 4. The van der Waals surface area contributed by atoms with Crippen LogP contribution in [0.2, 0.25) is 0 Å². The van der Waals surface area contributed by atoms with Crippen LogP contribution in [-0.4, -0.2) is 72.2 Å². The lowest BCUT2D eigenvalue weighted by atomic mass is 10.2. The van der Waals surface area contributed by atoms with Crippen LogP contribution in [0.15, 0.2) is 0 Å². The van der Waals surface area contributed by atoms with Crippen molar-refractivity contribution in [2.75, 3.05) is 39.4 Å². The number of piperazine rings is 1. The molecular formula is C13H24N2O4. The van der Waals surface area contributed by atoms with E-state index in [1.807, 2.05) is 11.8 Å². The first-order valence-corrected chi connectivity index (χ1v) is 6.88. The van der Waals surface area contributed by atoms with Gasteiger partial charge in [0, 0.05) is 32.8 Å². The largest absolute Gasteiger partial charge is 0.480 e. The molecule has 110 valence electrons. The number of nitrogens with zero attached hydrogens (tertiary/aromatic N) is 2. The van der Waals surface area contributed by atoms with Crippen molar-refractivity contribution < 1.29 is 19.4 Å². The van der Waals surface area contributed by atoms with Gasteiger partial charge in [-0.15, -0.1) is 0 Å². The summed E-state index contributed by atoms with van der Waals surface area (Å²) in [7, 11) is 0. The molecule has 0 aromatic rings. The molecule has 1 unspecified atom stereocenters. The SMILES string of the molecule is CCCOCCC(=O)N1CCN(C(C)C(=O)O)CC1. The van der Waals surface area contributed by atoms with Gasteiger partial charge < -0.3 is 14.7 Å². The first-order chi connectivity index (χ1) is 9.06. The van der Waals surface area contributed by atoms with Crippen molar-refractivity contribution >= 4 is 11.9 Å². The zero-order chi connectivity index (χ0) is 14.3. The van der Waals surface area contributed by atoms with E-state index < -0.39 is 12.0 Å². The summed E-state index contributed by atoms with van der Waals surface area (Å²) in [6, 6.07) is -0.481. The molecule has 1 aliphatic rings. The van der Waals surface area contributed by atoms with Crippen LogP contribution in [0.4, 0.5) is 0 Å². The van der Waals surface area contributed by atoms with E-state index in [0.717, 1.165) is 6.42 Å². The Balaban J connectivity index is 2.25. The van der Waals surface area contributed by atoms with E-state index in [4.69, 9.17) is 9.84 Å². The number of rotatable bonds is 7. The molecule has 1 amide bonds. The number of hydrogen-bond donors (Lipinski definition) is 1. The van der Waals surface area contributed by atoms with Crippen molar-refractivity contribution in [1.29, 1.82) is 0 Å². The van der Waals surface area contributed by atoms with Crippen LogP contribution in [0.1, 0.15) is 26.7 Å². The van der Waals surface area contributed by atoms with Gasteiger partial charge in [0.25, 0.3) is 0 Å². The molecule has 1 saturated heterocycles. The second kappa shape index (κ2) is 8.12. The van der Waals surface area contributed by atoms with Gasteiger partial charge in [0.15, 0.2) is 0 Å². The van der Waals surface area contributed by atoms with Crippen molar-refractivity contribution in [1.82, 2.24) is 9.80 Å². The Bertz CT molecular complexity index is 301. The molecule has 1 heterocycles. The van der Waals surface area contributed by atoms with Crippen molar-refractivity contribution in [2.45, 2.75) is 32.7 Å². The molecule has 6 nitrogen and oxygen atoms in total. The molecule has 1 aliphatic heterocycles. The average Bonchev–Trinajstić information content (AvgIpc) is 2.42. The molecule has 1 atom stereocenters. The Hall–Kier alpha value is -1.14. The Morgan fingerprint density at radius 2 is 1.84 bits per heavy atom. The lowest BCUT2D eigenvalue weighted by Crippen LogP contribution is -2.53. The second-order valence-corrected chi connectivity index (χ2v) is 4.79. The molecule has 0 spiro atoms. The highest BCUT2D eigenvalue weighted by Gasteiger charge is 2.26. The van der Waals surface area contributed by atoms with E-state index in [1.54, 1.807) is 11.8 Å². The third kappa shape index (κ3) is 5.16. The van der Waals surface area contributed by atoms with Crippen molar-refractivity contribution in [3.63, 3.8) is 0 Å². The number of aliphatic carboxylic acids is 1.